The monoisotopic (exact) mass is 281 g/mol. The number of hydrogen-bond donors (Lipinski definition) is 0. The van der Waals surface area contributed by atoms with Crippen LogP contribution in [0.15, 0.2) is 22.7 Å². The van der Waals surface area contributed by atoms with Crippen LogP contribution < -0.4 is 4.90 Å². The van der Waals surface area contributed by atoms with E-state index in [1.165, 1.54) is 11.0 Å². The molecule has 1 unspecified atom stereocenters. The molecule has 4 heteroatoms. The Kier molecular flexibility index (Phi) is 2.97. The van der Waals surface area contributed by atoms with Crippen molar-refractivity contribution in [3.63, 3.8) is 0 Å². The molecule has 1 aliphatic rings. The van der Waals surface area contributed by atoms with Crippen molar-refractivity contribution < 1.29 is 9.18 Å². The van der Waals surface area contributed by atoms with Crippen LogP contribution in [-0.2, 0) is 4.79 Å². The Morgan fingerprint density at radius 1 is 1.56 bits per heavy atom. The summed E-state index contributed by atoms with van der Waals surface area (Å²) in [4.78, 5) is 13.2. The lowest BCUT2D eigenvalue weighted by molar-refractivity contribution is -0.117. The lowest BCUT2D eigenvalue weighted by atomic mass is 10.1. The third kappa shape index (κ3) is 1.96. The normalized spacial score (nSPS) is 19.9. The molecule has 1 saturated heterocycles. The van der Waals surface area contributed by atoms with Crippen LogP contribution in [0.5, 0.6) is 0 Å². The van der Waals surface area contributed by atoms with Crippen LogP contribution in [0.1, 0.15) is 6.42 Å². The number of carbonyl (C=O) groups excluding carboxylic acids is 1. The Labute approximate surface area is 102 Å². The predicted octanol–water partition coefficient (Wildman–Crippen LogP) is 2.57. The molecule has 1 aliphatic heterocycles. The van der Waals surface area contributed by atoms with E-state index in [1.807, 2.05) is 0 Å². The van der Waals surface area contributed by atoms with Gasteiger partial charge in [-0.1, -0.05) is 0 Å². The molecule has 0 aliphatic carbocycles. The van der Waals surface area contributed by atoms with Gasteiger partial charge >= 0.3 is 0 Å². The van der Waals surface area contributed by atoms with Crippen molar-refractivity contribution in [2.75, 3.05) is 11.4 Å². The van der Waals surface area contributed by atoms with E-state index in [0.29, 0.717) is 23.1 Å². The van der Waals surface area contributed by atoms with Gasteiger partial charge in [-0.25, -0.2) is 4.39 Å². The third-order valence-electron chi connectivity index (χ3n) is 2.58. The molecule has 2 nitrogen and oxygen atoms in total. The van der Waals surface area contributed by atoms with E-state index >= 15 is 0 Å². The molecule has 1 fully saturated rings. The zero-order valence-corrected chi connectivity index (χ0v) is 10.00. The molecular formula is C12H9BrFNO. The number of anilines is 1. The molecule has 2 rings (SSSR count). The second-order valence-electron chi connectivity index (χ2n) is 3.67. The summed E-state index contributed by atoms with van der Waals surface area (Å²) >= 11 is 3.07. The van der Waals surface area contributed by atoms with Crippen LogP contribution >= 0.6 is 15.9 Å². The molecule has 1 aromatic rings. The van der Waals surface area contributed by atoms with Gasteiger partial charge < -0.3 is 4.90 Å². The van der Waals surface area contributed by atoms with E-state index in [4.69, 9.17) is 6.42 Å². The number of benzene rings is 1. The minimum Gasteiger partial charge on any atom is -0.311 e. The summed E-state index contributed by atoms with van der Waals surface area (Å²) in [5, 5.41) is 0. The number of terminal acetylenes is 1. The maximum absolute atomic E-state index is 13.3. The van der Waals surface area contributed by atoms with E-state index in [0.717, 1.165) is 0 Å². The highest BCUT2D eigenvalue weighted by Gasteiger charge is 2.29. The predicted molar refractivity (Wildman–Crippen MR) is 63.4 cm³/mol. The molecule has 0 radical (unpaired) electrons. The van der Waals surface area contributed by atoms with Gasteiger partial charge in [0.2, 0.25) is 5.91 Å². The molecule has 1 aromatic carbocycles. The Balaban J connectivity index is 2.29. The molecule has 0 spiro atoms. The zero-order valence-electron chi connectivity index (χ0n) is 8.41. The summed E-state index contributed by atoms with van der Waals surface area (Å²) in [5.74, 6) is 2.05. The van der Waals surface area contributed by atoms with Gasteiger partial charge in [0.1, 0.15) is 5.82 Å². The van der Waals surface area contributed by atoms with E-state index in [9.17, 15) is 9.18 Å². The standard InChI is InChI=1S/C12H9BrFNO/c1-2-8-5-12(16)15(7-8)9-3-4-10(13)11(14)6-9/h1,3-4,6,8H,5,7H2. The van der Waals surface area contributed by atoms with Crippen molar-refractivity contribution in [2.24, 2.45) is 5.92 Å². The highest BCUT2D eigenvalue weighted by molar-refractivity contribution is 9.10. The van der Waals surface area contributed by atoms with E-state index < -0.39 is 0 Å². The molecule has 82 valence electrons. The van der Waals surface area contributed by atoms with Crippen LogP contribution in [-0.4, -0.2) is 12.5 Å². The van der Waals surface area contributed by atoms with Gasteiger partial charge in [0.15, 0.2) is 0 Å². The van der Waals surface area contributed by atoms with Crippen LogP contribution in [0.4, 0.5) is 10.1 Å². The van der Waals surface area contributed by atoms with Crippen LogP contribution in [0.3, 0.4) is 0 Å². The Hall–Kier alpha value is -1.34. The number of halogens is 2. The second-order valence-corrected chi connectivity index (χ2v) is 4.52. The summed E-state index contributed by atoms with van der Waals surface area (Å²) in [6.07, 6.45) is 5.62. The first-order chi connectivity index (χ1) is 7.61. The van der Waals surface area contributed by atoms with Gasteiger partial charge in [-0.05, 0) is 34.1 Å². The summed E-state index contributed by atoms with van der Waals surface area (Å²) in [6.45, 7) is 0.469. The minimum atomic E-state index is -0.380. The van der Waals surface area contributed by atoms with Crippen molar-refractivity contribution >= 4 is 27.5 Å². The molecule has 0 aromatic heterocycles. The van der Waals surface area contributed by atoms with E-state index in [-0.39, 0.29) is 17.6 Å². The van der Waals surface area contributed by atoms with Crippen molar-refractivity contribution in [3.05, 3.63) is 28.5 Å². The summed E-state index contributed by atoms with van der Waals surface area (Å²) in [5.41, 5.74) is 0.559. The summed E-state index contributed by atoms with van der Waals surface area (Å²) in [7, 11) is 0. The van der Waals surface area contributed by atoms with Crippen molar-refractivity contribution in [1.82, 2.24) is 0 Å². The zero-order chi connectivity index (χ0) is 11.7. The number of carbonyl (C=O) groups is 1. The average Bonchev–Trinajstić information content (AvgIpc) is 2.64. The number of amides is 1. The average molecular weight is 282 g/mol. The van der Waals surface area contributed by atoms with Crippen molar-refractivity contribution in [2.45, 2.75) is 6.42 Å². The summed E-state index contributed by atoms with van der Waals surface area (Å²) < 4.78 is 13.7. The maximum Gasteiger partial charge on any atom is 0.228 e. The number of rotatable bonds is 1. The van der Waals surface area contributed by atoms with E-state index in [1.54, 1.807) is 12.1 Å². The van der Waals surface area contributed by atoms with Gasteiger partial charge in [0.25, 0.3) is 0 Å². The van der Waals surface area contributed by atoms with Gasteiger partial charge in [0.05, 0.1) is 4.47 Å². The first-order valence-corrected chi connectivity index (χ1v) is 5.62. The van der Waals surface area contributed by atoms with Crippen LogP contribution in [0, 0.1) is 24.1 Å². The largest absolute Gasteiger partial charge is 0.311 e. The summed E-state index contributed by atoms with van der Waals surface area (Å²) in [6, 6.07) is 4.62. The Morgan fingerprint density at radius 3 is 2.88 bits per heavy atom. The fourth-order valence-electron chi connectivity index (χ4n) is 1.72. The van der Waals surface area contributed by atoms with Crippen molar-refractivity contribution in [3.8, 4) is 12.3 Å². The smallest absolute Gasteiger partial charge is 0.228 e. The number of nitrogens with zero attached hydrogens (tertiary/aromatic N) is 1. The second kappa shape index (κ2) is 4.26. The number of hydrogen-bond acceptors (Lipinski definition) is 1. The SMILES string of the molecule is C#CC1CC(=O)N(c2ccc(Br)c(F)c2)C1. The minimum absolute atomic E-state index is 0.0512. The van der Waals surface area contributed by atoms with Crippen molar-refractivity contribution in [1.29, 1.82) is 0 Å². The topological polar surface area (TPSA) is 20.3 Å². The molecule has 1 amide bonds. The highest BCUT2D eigenvalue weighted by Crippen LogP contribution is 2.27. The first-order valence-electron chi connectivity index (χ1n) is 4.83. The molecule has 0 saturated carbocycles. The fourth-order valence-corrected chi connectivity index (χ4v) is 1.97. The molecule has 0 bridgehead atoms. The molecule has 16 heavy (non-hydrogen) atoms. The Bertz CT molecular complexity index is 480. The van der Waals surface area contributed by atoms with Gasteiger partial charge in [-0.2, -0.15) is 0 Å². The lowest BCUT2D eigenvalue weighted by Gasteiger charge is -2.16. The van der Waals surface area contributed by atoms with E-state index in [2.05, 4.69) is 21.9 Å². The maximum atomic E-state index is 13.3. The molecule has 0 N–H and O–H groups in total. The van der Waals surface area contributed by atoms with Crippen LogP contribution in [0.25, 0.3) is 0 Å². The molecule has 1 atom stereocenters. The first kappa shape index (κ1) is 11.2. The quantitative estimate of drug-likeness (QED) is 0.725. The fraction of sp³-hybridized carbons (Fsp3) is 0.250. The highest BCUT2D eigenvalue weighted by atomic mass is 79.9. The van der Waals surface area contributed by atoms with Gasteiger partial charge in [-0.3, -0.25) is 4.79 Å². The lowest BCUT2D eigenvalue weighted by Crippen LogP contribution is -2.24. The molecule has 1 heterocycles. The Morgan fingerprint density at radius 2 is 2.31 bits per heavy atom. The van der Waals surface area contributed by atoms with Crippen LogP contribution in [0.2, 0.25) is 0 Å². The molecular weight excluding hydrogens is 273 g/mol. The van der Waals surface area contributed by atoms with Gasteiger partial charge in [-0.15, -0.1) is 12.3 Å². The van der Waals surface area contributed by atoms with Gasteiger partial charge in [0, 0.05) is 24.6 Å². The third-order valence-corrected chi connectivity index (χ3v) is 3.22.